The molecule has 0 spiro atoms. The van der Waals surface area contributed by atoms with Gasteiger partial charge in [-0.1, -0.05) is 24.3 Å². The number of aliphatic hydroxyl groups excluding tert-OH is 1. The van der Waals surface area contributed by atoms with Crippen molar-refractivity contribution in [2.45, 2.75) is 20.0 Å². The second kappa shape index (κ2) is 8.49. The summed E-state index contributed by atoms with van der Waals surface area (Å²) in [5.41, 5.74) is 5.38. The smallest absolute Gasteiger partial charge is 0.274 e. The Labute approximate surface area is 171 Å². The van der Waals surface area contributed by atoms with E-state index in [1.807, 2.05) is 13.1 Å². The van der Waals surface area contributed by atoms with Crippen LogP contribution in [0.3, 0.4) is 0 Å². The molecule has 1 atom stereocenters. The summed E-state index contributed by atoms with van der Waals surface area (Å²) in [6, 6.07) is 15.1. The molecule has 6 heteroatoms. The molecule has 1 unspecified atom stereocenters. The maximum atomic E-state index is 12.8. The molecule has 0 fully saturated rings. The van der Waals surface area contributed by atoms with Gasteiger partial charge in [-0.15, -0.1) is 0 Å². The fourth-order valence-electron chi connectivity index (χ4n) is 3.21. The van der Waals surface area contributed by atoms with Crippen molar-refractivity contribution in [3.05, 3.63) is 70.9 Å². The number of benzene rings is 2. The van der Waals surface area contributed by atoms with E-state index in [0.717, 1.165) is 22.6 Å². The predicted octanol–water partition coefficient (Wildman–Crippen LogP) is 3.52. The maximum absolute atomic E-state index is 12.8. The van der Waals surface area contributed by atoms with Crippen LogP contribution >= 0.6 is 0 Å². The molecule has 0 aliphatic rings. The summed E-state index contributed by atoms with van der Waals surface area (Å²) < 4.78 is 6.85. The van der Waals surface area contributed by atoms with E-state index in [9.17, 15) is 9.90 Å². The third-order valence-corrected chi connectivity index (χ3v) is 5.20. The Bertz CT molecular complexity index is 1010. The van der Waals surface area contributed by atoms with Crippen LogP contribution in [0.15, 0.2) is 48.5 Å². The first-order chi connectivity index (χ1) is 13.8. The van der Waals surface area contributed by atoms with E-state index in [1.54, 1.807) is 49.2 Å². The van der Waals surface area contributed by atoms with Gasteiger partial charge in [0.05, 0.1) is 25.5 Å². The minimum atomic E-state index is -0.794. The molecular formula is C23H27N3O3. The van der Waals surface area contributed by atoms with E-state index in [1.165, 1.54) is 16.0 Å². The lowest BCUT2D eigenvalue weighted by atomic mass is 10.0. The fraction of sp³-hybridized carbons (Fsp3) is 0.304. The molecule has 1 aromatic heterocycles. The fourth-order valence-corrected chi connectivity index (χ4v) is 3.21. The number of likely N-dealkylation sites (N-methyl/N-ethyl adjacent to an activating group) is 1. The third kappa shape index (κ3) is 4.49. The van der Waals surface area contributed by atoms with Crippen LogP contribution in [0.1, 0.15) is 33.3 Å². The molecular weight excluding hydrogens is 366 g/mol. The van der Waals surface area contributed by atoms with E-state index < -0.39 is 6.10 Å². The van der Waals surface area contributed by atoms with Gasteiger partial charge in [0.1, 0.15) is 5.75 Å². The Balaban J connectivity index is 1.74. The molecule has 1 N–H and O–H groups in total. The molecule has 0 saturated carbocycles. The van der Waals surface area contributed by atoms with Crippen molar-refractivity contribution in [1.82, 2.24) is 14.7 Å². The van der Waals surface area contributed by atoms with Crippen LogP contribution in [0.2, 0.25) is 0 Å². The van der Waals surface area contributed by atoms with Gasteiger partial charge in [-0.05, 0) is 54.8 Å². The molecule has 3 rings (SSSR count). The summed E-state index contributed by atoms with van der Waals surface area (Å²) in [4.78, 5) is 14.3. The monoisotopic (exact) mass is 393 g/mol. The van der Waals surface area contributed by atoms with Crippen molar-refractivity contribution in [3.63, 3.8) is 0 Å². The molecule has 2 aromatic carbocycles. The zero-order valence-corrected chi connectivity index (χ0v) is 17.5. The lowest BCUT2D eigenvalue weighted by Crippen LogP contribution is -2.31. The second-order valence-electron chi connectivity index (χ2n) is 7.31. The second-order valence-corrected chi connectivity index (χ2v) is 7.31. The molecule has 6 nitrogen and oxygen atoms in total. The number of nitrogens with zero attached hydrogens (tertiary/aromatic N) is 3. The lowest BCUT2D eigenvalue weighted by Gasteiger charge is -2.20. The van der Waals surface area contributed by atoms with Gasteiger partial charge in [0.15, 0.2) is 5.69 Å². The number of amides is 1. The van der Waals surface area contributed by atoms with E-state index in [4.69, 9.17) is 4.74 Å². The first-order valence-electron chi connectivity index (χ1n) is 9.49. The molecule has 1 amide bonds. The van der Waals surface area contributed by atoms with Crippen LogP contribution in [0.4, 0.5) is 0 Å². The number of carbonyl (C=O) groups excluding carboxylic acids is 1. The van der Waals surface area contributed by atoms with Gasteiger partial charge >= 0.3 is 0 Å². The number of hydrogen-bond donors (Lipinski definition) is 1. The van der Waals surface area contributed by atoms with Crippen molar-refractivity contribution in [3.8, 4) is 17.0 Å². The van der Waals surface area contributed by atoms with Gasteiger partial charge in [0.25, 0.3) is 5.91 Å². The van der Waals surface area contributed by atoms with E-state index in [-0.39, 0.29) is 12.5 Å². The van der Waals surface area contributed by atoms with E-state index in [2.05, 4.69) is 31.1 Å². The number of methoxy groups -OCH3 is 1. The highest BCUT2D eigenvalue weighted by atomic mass is 16.5. The van der Waals surface area contributed by atoms with Gasteiger partial charge in [0.2, 0.25) is 0 Å². The van der Waals surface area contributed by atoms with Crippen molar-refractivity contribution in [2.75, 3.05) is 20.7 Å². The summed E-state index contributed by atoms with van der Waals surface area (Å²) in [5, 5.41) is 14.9. The molecule has 0 aliphatic carbocycles. The summed E-state index contributed by atoms with van der Waals surface area (Å²) in [6.45, 7) is 4.30. The molecule has 0 radical (unpaired) electrons. The maximum Gasteiger partial charge on any atom is 0.274 e. The Morgan fingerprint density at radius 3 is 2.45 bits per heavy atom. The normalized spacial score (nSPS) is 11.9. The number of carbonyl (C=O) groups is 1. The zero-order valence-electron chi connectivity index (χ0n) is 17.5. The predicted molar refractivity (Wildman–Crippen MR) is 113 cm³/mol. The van der Waals surface area contributed by atoms with Gasteiger partial charge in [-0.25, -0.2) is 0 Å². The number of aliphatic hydroxyl groups is 1. The molecule has 29 heavy (non-hydrogen) atoms. The van der Waals surface area contributed by atoms with Gasteiger partial charge in [0, 0.05) is 19.7 Å². The highest BCUT2D eigenvalue weighted by molar-refractivity contribution is 5.93. The SMILES string of the molecule is COc1ccc(C(O)CN(C)C(=O)c2cc(-c3ccc(C)c(C)c3)n(C)n2)cc1. The van der Waals surface area contributed by atoms with Crippen LogP contribution in [0.5, 0.6) is 5.75 Å². The average molecular weight is 393 g/mol. The van der Waals surface area contributed by atoms with E-state index in [0.29, 0.717) is 5.69 Å². The lowest BCUT2D eigenvalue weighted by molar-refractivity contribution is 0.0674. The largest absolute Gasteiger partial charge is 0.497 e. The number of aromatic nitrogens is 2. The van der Waals surface area contributed by atoms with Crippen LogP contribution < -0.4 is 4.74 Å². The minimum Gasteiger partial charge on any atom is -0.497 e. The Hall–Kier alpha value is -3.12. The van der Waals surface area contributed by atoms with Crippen molar-refractivity contribution in [1.29, 1.82) is 0 Å². The number of ether oxygens (including phenoxy) is 1. The van der Waals surface area contributed by atoms with Gasteiger partial charge in [-0.3, -0.25) is 9.48 Å². The third-order valence-electron chi connectivity index (χ3n) is 5.20. The van der Waals surface area contributed by atoms with Crippen molar-refractivity contribution >= 4 is 5.91 Å². The van der Waals surface area contributed by atoms with Crippen LogP contribution in [-0.2, 0) is 7.05 Å². The Kier molecular flexibility index (Phi) is 6.03. The quantitative estimate of drug-likeness (QED) is 0.696. The van der Waals surface area contributed by atoms with Crippen molar-refractivity contribution in [2.24, 2.45) is 7.05 Å². The number of rotatable bonds is 6. The summed E-state index contributed by atoms with van der Waals surface area (Å²) in [5.74, 6) is 0.487. The number of hydrogen-bond acceptors (Lipinski definition) is 4. The van der Waals surface area contributed by atoms with Crippen LogP contribution in [-0.4, -0.2) is 46.4 Å². The molecule has 1 heterocycles. The van der Waals surface area contributed by atoms with Crippen molar-refractivity contribution < 1.29 is 14.6 Å². The standard InChI is InChI=1S/C23H27N3O3/c1-15-6-7-18(12-16(15)2)21-13-20(24-26(21)4)23(28)25(3)14-22(27)17-8-10-19(29-5)11-9-17/h6-13,22,27H,14H2,1-5H3. The Morgan fingerprint density at radius 2 is 1.83 bits per heavy atom. The molecule has 3 aromatic rings. The topological polar surface area (TPSA) is 67.6 Å². The highest BCUT2D eigenvalue weighted by Crippen LogP contribution is 2.24. The summed E-state index contributed by atoms with van der Waals surface area (Å²) in [6.07, 6.45) is -0.794. The zero-order chi connectivity index (χ0) is 21.1. The van der Waals surface area contributed by atoms with Gasteiger partial charge < -0.3 is 14.7 Å². The molecule has 0 saturated heterocycles. The van der Waals surface area contributed by atoms with Crippen LogP contribution in [0, 0.1) is 13.8 Å². The summed E-state index contributed by atoms with van der Waals surface area (Å²) >= 11 is 0. The van der Waals surface area contributed by atoms with Crippen LogP contribution in [0.25, 0.3) is 11.3 Å². The molecule has 152 valence electrons. The molecule has 0 bridgehead atoms. The summed E-state index contributed by atoms with van der Waals surface area (Å²) in [7, 11) is 5.09. The Morgan fingerprint density at radius 1 is 1.14 bits per heavy atom. The van der Waals surface area contributed by atoms with Gasteiger partial charge in [-0.2, -0.15) is 5.10 Å². The minimum absolute atomic E-state index is 0.167. The van der Waals surface area contributed by atoms with E-state index >= 15 is 0 Å². The first kappa shape index (κ1) is 20.6. The average Bonchev–Trinajstić information content (AvgIpc) is 3.11. The highest BCUT2D eigenvalue weighted by Gasteiger charge is 2.20. The molecule has 0 aliphatic heterocycles. The first-order valence-corrected chi connectivity index (χ1v) is 9.49. The number of aryl methyl sites for hydroxylation is 3.